The molecule has 5 nitrogen and oxygen atoms in total. The second-order valence-corrected chi connectivity index (χ2v) is 6.50. The highest BCUT2D eigenvalue weighted by Gasteiger charge is 2.42. The van der Waals surface area contributed by atoms with E-state index in [0.29, 0.717) is 23.6 Å². The van der Waals surface area contributed by atoms with Gasteiger partial charge in [-0.25, -0.2) is 4.39 Å². The van der Waals surface area contributed by atoms with Crippen LogP contribution in [0.15, 0.2) is 18.2 Å². The van der Waals surface area contributed by atoms with Crippen LogP contribution in [0.5, 0.6) is 0 Å². The third kappa shape index (κ3) is 4.43. The molecule has 2 fully saturated rings. The van der Waals surface area contributed by atoms with Gasteiger partial charge in [0.1, 0.15) is 5.82 Å². The van der Waals surface area contributed by atoms with Crippen LogP contribution in [0.3, 0.4) is 0 Å². The average Bonchev–Trinajstić information content (AvgIpc) is 3.38. The molecule has 2 saturated carbocycles. The maximum absolute atomic E-state index is 13.6. The topological polar surface area (TPSA) is 70.2 Å². The van der Waals surface area contributed by atoms with Gasteiger partial charge in [-0.15, -0.1) is 0 Å². The molecule has 1 aromatic carbocycles. The van der Waals surface area contributed by atoms with Gasteiger partial charge in [-0.05, 0) is 55.7 Å². The minimum Gasteiger partial charge on any atom is -0.376 e. The number of amides is 2. The van der Waals surface area contributed by atoms with Crippen molar-refractivity contribution in [1.82, 2.24) is 5.32 Å². The Morgan fingerprint density at radius 2 is 1.87 bits per heavy atom. The number of anilines is 2. The Kier molecular flexibility index (Phi) is 4.50. The van der Waals surface area contributed by atoms with Crippen LogP contribution < -0.4 is 16.0 Å². The molecule has 3 N–H and O–H groups in total. The molecule has 0 saturated heterocycles. The van der Waals surface area contributed by atoms with Crippen molar-refractivity contribution >= 4 is 23.2 Å². The quantitative estimate of drug-likeness (QED) is 0.723. The SMILES string of the molecule is CC(=O)Nc1cc(NCC(=O)NC(C2CC2)C2CC2)ccc1F. The van der Waals surface area contributed by atoms with Crippen molar-refractivity contribution in [3.63, 3.8) is 0 Å². The Bertz CT molecular complexity index is 600. The number of halogens is 1. The van der Waals surface area contributed by atoms with Gasteiger partial charge < -0.3 is 16.0 Å². The molecule has 0 bridgehead atoms. The summed E-state index contributed by atoms with van der Waals surface area (Å²) in [6.45, 7) is 1.46. The Balaban J connectivity index is 1.52. The van der Waals surface area contributed by atoms with E-state index in [0.717, 1.165) is 0 Å². The zero-order valence-corrected chi connectivity index (χ0v) is 13.2. The molecule has 0 radical (unpaired) electrons. The van der Waals surface area contributed by atoms with E-state index in [-0.39, 0.29) is 24.0 Å². The number of benzene rings is 1. The molecule has 0 unspecified atom stereocenters. The van der Waals surface area contributed by atoms with Crippen molar-refractivity contribution in [2.75, 3.05) is 17.2 Å². The van der Waals surface area contributed by atoms with Crippen LogP contribution in [-0.2, 0) is 9.59 Å². The van der Waals surface area contributed by atoms with Crippen molar-refractivity contribution in [2.45, 2.75) is 38.6 Å². The summed E-state index contributed by atoms with van der Waals surface area (Å²) in [4.78, 5) is 23.1. The molecule has 0 atom stereocenters. The van der Waals surface area contributed by atoms with Gasteiger partial charge in [0.05, 0.1) is 12.2 Å². The molecule has 0 aromatic heterocycles. The summed E-state index contributed by atoms with van der Waals surface area (Å²) in [6, 6.07) is 4.63. The van der Waals surface area contributed by atoms with Crippen LogP contribution in [0.4, 0.5) is 15.8 Å². The second-order valence-electron chi connectivity index (χ2n) is 6.50. The van der Waals surface area contributed by atoms with E-state index in [2.05, 4.69) is 16.0 Å². The molecule has 23 heavy (non-hydrogen) atoms. The van der Waals surface area contributed by atoms with E-state index in [1.54, 1.807) is 6.07 Å². The number of carbonyl (C=O) groups is 2. The van der Waals surface area contributed by atoms with E-state index in [1.807, 2.05) is 0 Å². The normalized spacial score (nSPS) is 17.0. The lowest BCUT2D eigenvalue weighted by atomic mass is 10.1. The van der Waals surface area contributed by atoms with Crippen molar-refractivity contribution in [3.05, 3.63) is 24.0 Å². The first-order valence-corrected chi connectivity index (χ1v) is 8.13. The Labute approximate surface area is 135 Å². The third-order valence-corrected chi connectivity index (χ3v) is 4.32. The molecule has 0 heterocycles. The van der Waals surface area contributed by atoms with Gasteiger partial charge >= 0.3 is 0 Å². The van der Waals surface area contributed by atoms with Gasteiger partial charge in [-0.2, -0.15) is 0 Å². The van der Waals surface area contributed by atoms with Crippen LogP contribution in [0.25, 0.3) is 0 Å². The van der Waals surface area contributed by atoms with Crippen LogP contribution in [-0.4, -0.2) is 24.4 Å². The molecule has 0 spiro atoms. The molecule has 2 amide bonds. The maximum atomic E-state index is 13.6. The lowest BCUT2D eigenvalue weighted by molar-refractivity contribution is -0.120. The van der Waals surface area contributed by atoms with Crippen LogP contribution >= 0.6 is 0 Å². The van der Waals surface area contributed by atoms with E-state index < -0.39 is 5.82 Å². The lowest BCUT2D eigenvalue weighted by Gasteiger charge is -2.18. The average molecular weight is 319 g/mol. The minimum atomic E-state index is -0.502. The molecule has 0 aliphatic heterocycles. The molecule has 6 heteroatoms. The van der Waals surface area contributed by atoms with Crippen molar-refractivity contribution in [1.29, 1.82) is 0 Å². The van der Waals surface area contributed by atoms with Gasteiger partial charge in [0, 0.05) is 18.7 Å². The third-order valence-electron chi connectivity index (χ3n) is 4.32. The number of rotatable bonds is 7. The highest BCUT2D eigenvalue weighted by atomic mass is 19.1. The number of carbonyl (C=O) groups excluding carboxylic acids is 2. The molecule has 2 aliphatic carbocycles. The molecular weight excluding hydrogens is 297 g/mol. The Morgan fingerprint density at radius 3 is 2.43 bits per heavy atom. The second kappa shape index (κ2) is 6.56. The lowest BCUT2D eigenvalue weighted by Crippen LogP contribution is -2.41. The Hall–Kier alpha value is -2.11. The minimum absolute atomic E-state index is 0.0424. The largest absolute Gasteiger partial charge is 0.376 e. The zero-order valence-electron chi connectivity index (χ0n) is 13.2. The molecule has 1 aromatic rings. The fourth-order valence-electron chi connectivity index (χ4n) is 2.87. The number of hydrogen-bond acceptors (Lipinski definition) is 3. The smallest absolute Gasteiger partial charge is 0.239 e. The monoisotopic (exact) mass is 319 g/mol. The first kappa shape index (κ1) is 15.8. The summed E-state index contributed by atoms with van der Waals surface area (Å²) in [5, 5.41) is 8.53. The highest BCUT2D eigenvalue weighted by molar-refractivity contribution is 5.89. The van der Waals surface area contributed by atoms with E-state index in [1.165, 1.54) is 44.7 Å². The summed E-state index contributed by atoms with van der Waals surface area (Å²) >= 11 is 0. The first-order chi connectivity index (χ1) is 11.0. The van der Waals surface area contributed by atoms with Gasteiger partial charge in [-0.3, -0.25) is 9.59 Å². The van der Waals surface area contributed by atoms with Gasteiger partial charge in [0.15, 0.2) is 0 Å². The summed E-state index contributed by atoms with van der Waals surface area (Å²) in [5.74, 6) is 0.430. The van der Waals surface area contributed by atoms with Crippen molar-refractivity contribution in [3.8, 4) is 0 Å². The van der Waals surface area contributed by atoms with Crippen LogP contribution in [0.1, 0.15) is 32.6 Å². The summed E-state index contributed by atoms with van der Waals surface area (Å²) in [6.07, 6.45) is 4.86. The van der Waals surface area contributed by atoms with E-state index in [4.69, 9.17) is 0 Å². The molecule has 3 rings (SSSR count). The van der Waals surface area contributed by atoms with Crippen molar-refractivity contribution < 1.29 is 14.0 Å². The Morgan fingerprint density at radius 1 is 1.22 bits per heavy atom. The summed E-state index contributed by atoms with van der Waals surface area (Å²) in [7, 11) is 0. The number of hydrogen-bond donors (Lipinski definition) is 3. The predicted octanol–water partition coefficient (Wildman–Crippen LogP) is 2.50. The maximum Gasteiger partial charge on any atom is 0.239 e. The molecule has 124 valence electrons. The van der Waals surface area contributed by atoms with Crippen LogP contribution in [0.2, 0.25) is 0 Å². The standard InChI is InChI=1S/C17H22FN3O2/c1-10(22)20-15-8-13(6-7-14(15)18)19-9-16(23)21-17(11-2-3-11)12-4-5-12/h6-8,11-12,17,19H,2-5,9H2,1H3,(H,20,22)(H,21,23). The van der Waals surface area contributed by atoms with Gasteiger partial charge in [0.2, 0.25) is 11.8 Å². The molecule has 2 aliphatic rings. The molecular formula is C17H22FN3O2. The number of nitrogens with one attached hydrogen (secondary N) is 3. The van der Waals surface area contributed by atoms with Gasteiger partial charge in [0.25, 0.3) is 0 Å². The van der Waals surface area contributed by atoms with E-state index in [9.17, 15) is 14.0 Å². The van der Waals surface area contributed by atoms with Gasteiger partial charge in [-0.1, -0.05) is 0 Å². The first-order valence-electron chi connectivity index (χ1n) is 8.13. The summed E-state index contributed by atoms with van der Waals surface area (Å²) < 4.78 is 13.6. The zero-order chi connectivity index (χ0) is 16.4. The predicted molar refractivity (Wildman–Crippen MR) is 86.6 cm³/mol. The van der Waals surface area contributed by atoms with Crippen LogP contribution in [0, 0.1) is 17.7 Å². The van der Waals surface area contributed by atoms with Crippen molar-refractivity contribution in [2.24, 2.45) is 11.8 Å². The fraction of sp³-hybridized carbons (Fsp3) is 0.529. The van der Waals surface area contributed by atoms with E-state index >= 15 is 0 Å². The summed E-state index contributed by atoms with van der Waals surface area (Å²) in [5.41, 5.74) is 0.705. The fourth-order valence-corrected chi connectivity index (χ4v) is 2.87. The highest BCUT2D eigenvalue weighted by Crippen LogP contribution is 2.44.